The van der Waals surface area contributed by atoms with Crippen LogP contribution in [0.1, 0.15) is 45.4 Å². The lowest BCUT2D eigenvalue weighted by Crippen LogP contribution is -2.38. The van der Waals surface area contributed by atoms with Gasteiger partial charge in [0.2, 0.25) is 0 Å². The van der Waals surface area contributed by atoms with Gasteiger partial charge in [-0.15, -0.1) is 0 Å². The van der Waals surface area contributed by atoms with Gasteiger partial charge < -0.3 is 15.7 Å². The van der Waals surface area contributed by atoms with Crippen LogP contribution in [0.2, 0.25) is 0 Å². The molecule has 0 aliphatic heterocycles. The summed E-state index contributed by atoms with van der Waals surface area (Å²) in [6.07, 6.45) is 1.88. The number of rotatable bonds is 5. The van der Waals surface area contributed by atoms with Crippen LogP contribution in [0.15, 0.2) is 18.2 Å². The lowest BCUT2D eigenvalue weighted by molar-refractivity contribution is 0.159. The molecule has 1 aliphatic carbocycles. The molecule has 0 unspecified atom stereocenters. The molecular formula is C14H23N3O. The minimum atomic E-state index is -0.565. The second kappa shape index (κ2) is 5.24. The Balaban J connectivity index is 1.93. The van der Waals surface area contributed by atoms with Gasteiger partial charge in [0, 0.05) is 18.1 Å². The fourth-order valence-corrected chi connectivity index (χ4v) is 1.66. The molecule has 2 rings (SSSR count). The summed E-state index contributed by atoms with van der Waals surface area (Å²) >= 11 is 0. The van der Waals surface area contributed by atoms with Gasteiger partial charge in [-0.05, 0) is 45.7 Å². The van der Waals surface area contributed by atoms with Crippen molar-refractivity contribution in [2.24, 2.45) is 0 Å². The Morgan fingerprint density at radius 1 is 1.39 bits per heavy atom. The van der Waals surface area contributed by atoms with Gasteiger partial charge in [0.15, 0.2) is 0 Å². The maximum absolute atomic E-state index is 10.1. The lowest BCUT2D eigenvalue weighted by Gasteiger charge is -2.22. The largest absolute Gasteiger partial charge is 0.385 e. The molecular weight excluding hydrogens is 226 g/mol. The number of anilines is 1. The Morgan fingerprint density at radius 3 is 2.72 bits per heavy atom. The average Bonchev–Trinajstić information content (AvgIpc) is 3.09. The fourth-order valence-electron chi connectivity index (χ4n) is 1.66. The van der Waals surface area contributed by atoms with Crippen molar-refractivity contribution in [1.82, 2.24) is 10.3 Å². The molecule has 1 aliphatic rings. The predicted octanol–water partition coefficient (Wildman–Crippen LogP) is 2.08. The molecule has 0 saturated heterocycles. The Bertz CT molecular complexity index is 396. The summed E-state index contributed by atoms with van der Waals surface area (Å²) in [6.45, 7) is 6.76. The van der Waals surface area contributed by atoms with E-state index in [0.29, 0.717) is 12.6 Å². The number of aromatic nitrogens is 1. The number of hydrogen-bond donors (Lipinski definition) is 3. The summed E-state index contributed by atoms with van der Waals surface area (Å²) in [6, 6.07) is 6.34. The molecule has 0 bridgehead atoms. The number of aliphatic hydroxyl groups is 1. The van der Waals surface area contributed by atoms with Gasteiger partial charge in [-0.1, -0.05) is 6.07 Å². The molecule has 1 saturated carbocycles. The summed E-state index contributed by atoms with van der Waals surface area (Å²) in [4.78, 5) is 4.45. The number of nitrogens with zero attached hydrogens (tertiary/aromatic N) is 1. The van der Waals surface area contributed by atoms with Crippen molar-refractivity contribution in [2.45, 2.75) is 51.3 Å². The zero-order valence-electron chi connectivity index (χ0n) is 11.4. The van der Waals surface area contributed by atoms with Gasteiger partial charge in [0.05, 0.1) is 5.69 Å². The maximum atomic E-state index is 10.1. The molecule has 1 aromatic rings. The monoisotopic (exact) mass is 249 g/mol. The molecule has 0 amide bonds. The van der Waals surface area contributed by atoms with E-state index in [9.17, 15) is 5.11 Å². The van der Waals surface area contributed by atoms with Crippen molar-refractivity contribution in [3.05, 3.63) is 23.9 Å². The van der Waals surface area contributed by atoms with Crippen molar-refractivity contribution in [1.29, 1.82) is 0 Å². The highest BCUT2D eigenvalue weighted by Gasteiger charge is 2.21. The van der Waals surface area contributed by atoms with Crippen molar-refractivity contribution in [2.75, 3.05) is 11.9 Å². The van der Waals surface area contributed by atoms with E-state index in [4.69, 9.17) is 0 Å². The minimum Gasteiger partial charge on any atom is -0.385 e. The molecule has 1 heterocycles. The summed E-state index contributed by atoms with van der Waals surface area (Å²) in [7, 11) is 0. The molecule has 4 nitrogen and oxygen atoms in total. The average molecular weight is 249 g/mol. The van der Waals surface area contributed by atoms with Crippen LogP contribution in [0.3, 0.4) is 0 Å². The molecule has 3 N–H and O–H groups in total. The molecule has 18 heavy (non-hydrogen) atoms. The third-order valence-electron chi connectivity index (χ3n) is 2.87. The molecule has 4 heteroatoms. The maximum Gasteiger partial charge on any atom is 0.126 e. The standard InChI is InChI=1S/C14H23N3O/c1-14(2,3)15-9-12(18)11-5-4-6-13(17-11)16-10-7-8-10/h4-6,10,12,15,18H,7-9H2,1-3H3,(H,16,17)/t12-/m0/s1. The van der Waals surface area contributed by atoms with E-state index in [2.05, 4.69) is 36.4 Å². The highest BCUT2D eigenvalue weighted by atomic mass is 16.3. The van der Waals surface area contributed by atoms with Crippen molar-refractivity contribution >= 4 is 5.82 Å². The first-order valence-corrected chi connectivity index (χ1v) is 6.61. The van der Waals surface area contributed by atoms with Crippen LogP contribution in [-0.2, 0) is 0 Å². The van der Waals surface area contributed by atoms with E-state index >= 15 is 0 Å². The highest BCUT2D eigenvalue weighted by molar-refractivity contribution is 5.38. The smallest absolute Gasteiger partial charge is 0.126 e. The summed E-state index contributed by atoms with van der Waals surface area (Å²) < 4.78 is 0. The second-order valence-electron chi connectivity index (χ2n) is 6.01. The SMILES string of the molecule is CC(C)(C)NC[C@H](O)c1cccc(NC2CC2)n1. The van der Waals surface area contributed by atoms with Crippen LogP contribution in [-0.4, -0.2) is 28.2 Å². The molecule has 0 aromatic carbocycles. The van der Waals surface area contributed by atoms with E-state index in [-0.39, 0.29) is 5.54 Å². The van der Waals surface area contributed by atoms with E-state index in [1.807, 2.05) is 18.2 Å². The molecule has 1 aromatic heterocycles. The number of hydrogen-bond acceptors (Lipinski definition) is 4. The Morgan fingerprint density at radius 2 is 2.11 bits per heavy atom. The van der Waals surface area contributed by atoms with Crippen molar-refractivity contribution < 1.29 is 5.11 Å². The van der Waals surface area contributed by atoms with Crippen LogP contribution < -0.4 is 10.6 Å². The minimum absolute atomic E-state index is 0.00481. The van der Waals surface area contributed by atoms with E-state index < -0.39 is 6.10 Å². The second-order valence-corrected chi connectivity index (χ2v) is 6.01. The summed E-state index contributed by atoms with van der Waals surface area (Å²) in [5, 5.41) is 16.7. The Labute approximate surface area is 109 Å². The van der Waals surface area contributed by atoms with Gasteiger partial charge in [0.25, 0.3) is 0 Å². The number of nitrogens with one attached hydrogen (secondary N) is 2. The first-order chi connectivity index (χ1) is 8.44. The quantitative estimate of drug-likeness (QED) is 0.748. The normalized spacial score (nSPS) is 17.6. The van der Waals surface area contributed by atoms with E-state index in [1.165, 1.54) is 12.8 Å². The Hall–Kier alpha value is -1.13. The van der Waals surface area contributed by atoms with Crippen molar-refractivity contribution in [3.8, 4) is 0 Å². The molecule has 1 fully saturated rings. The summed E-state index contributed by atoms with van der Waals surface area (Å²) in [5.74, 6) is 0.866. The zero-order valence-corrected chi connectivity index (χ0v) is 11.4. The van der Waals surface area contributed by atoms with Gasteiger partial charge in [-0.3, -0.25) is 0 Å². The number of β-amino-alcohol motifs (C(OH)–C–C–N with tert-alkyl or cyclic N) is 1. The molecule has 0 radical (unpaired) electrons. The fraction of sp³-hybridized carbons (Fsp3) is 0.643. The number of aliphatic hydroxyl groups excluding tert-OH is 1. The molecule has 100 valence electrons. The van der Waals surface area contributed by atoms with Crippen LogP contribution in [0.25, 0.3) is 0 Å². The highest BCUT2D eigenvalue weighted by Crippen LogP contribution is 2.24. The predicted molar refractivity (Wildman–Crippen MR) is 73.6 cm³/mol. The lowest BCUT2D eigenvalue weighted by atomic mass is 10.1. The Kier molecular flexibility index (Phi) is 3.88. The zero-order chi connectivity index (χ0) is 13.2. The van der Waals surface area contributed by atoms with Gasteiger partial charge >= 0.3 is 0 Å². The third-order valence-corrected chi connectivity index (χ3v) is 2.87. The van der Waals surface area contributed by atoms with Crippen LogP contribution >= 0.6 is 0 Å². The number of pyridine rings is 1. The first-order valence-electron chi connectivity index (χ1n) is 6.61. The summed E-state index contributed by atoms with van der Waals surface area (Å²) in [5.41, 5.74) is 0.725. The first kappa shape index (κ1) is 13.3. The van der Waals surface area contributed by atoms with Gasteiger partial charge in [-0.25, -0.2) is 4.98 Å². The van der Waals surface area contributed by atoms with Crippen LogP contribution in [0.5, 0.6) is 0 Å². The van der Waals surface area contributed by atoms with Crippen LogP contribution in [0.4, 0.5) is 5.82 Å². The van der Waals surface area contributed by atoms with Crippen LogP contribution in [0, 0.1) is 0 Å². The molecule has 1 atom stereocenters. The van der Waals surface area contributed by atoms with E-state index in [1.54, 1.807) is 0 Å². The van der Waals surface area contributed by atoms with Gasteiger partial charge in [0.1, 0.15) is 11.9 Å². The van der Waals surface area contributed by atoms with Gasteiger partial charge in [-0.2, -0.15) is 0 Å². The van der Waals surface area contributed by atoms with Crippen molar-refractivity contribution in [3.63, 3.8) is 0 Å². The molecule has 0 spiro atoms. The van der Waals surface area contributed by atoms with E-state index in [0.717, 1.165) is 11.5 Å². The third kappa shape index (κ3) is 4.27. The topological polar surface area (TPSA) is 57.2 Å².